The Morgan fingerprint density at radius 3 is 2.28 bits per heavy atom. The first kappa shape index (κ1) is 24.4. The predicted octanol–water partition coefficient (Wildman–Crippen LogP) is 3.97. The van der Waals surface area contributed by atoms with E-state index in [1.165, 1.54) is 0 Å². The molecular weight excluding hydrogens is 524 g/mol. The Kier molecular flexibility index (Phi) is 6.55. The Morgan fingerprint density at radius 1 is 1.00 bits per heavy atom. The number of halogens is 1. The first-order chi connectivity index (χ1) is 17.3. The summed E-state index contributed by atoms with van der Waals surface area (Å²) < 4.78 is 6.31. The molecule has 1 heterocycles. The zero-order chi connectivity index (χ0) is 25.6. The number of nitrogens with one attached hydrogen (secondary N) is 1. The van der Waals surface area contributed by atoms with E-state index in [9.17, 15) is 19.2 Å². The molecule has 5 rings (SSSR count). The molecule has 2 fully saturated rings. The highest BCUT2D eigenvalue weighted by Crippen LogP contribution is 2.53. The Hall–Kier alpha value is -3.26. The van der Waals surface area contributed by atoms with E-state index in [1.807, 2.05) is 62.4 Å². The van der Waals surface area contributed by atoms with Gasteiger partial charge in [-0.1, -0.05) is 58.4 Å². The van der Waals surface area contributed by atoms with E-state index in [0.29, 0.717) is 5.69 Å². The molecule has 186 valence electrons. The van der Waals surface area contributed by atoms with Crippen molar-refractivity contribution in [3.05, 3.63) is 75.8 Å². The topological polar surface area (TPSA) is 92.8 Å². The quantitative estimate of drug-likeness (QED) is 0.320. The van der Waals surface area contributed by atoms with Gasteiger partial charge in [0.05, 0.1) is 11.8 Å². The standard InChI is InChI=1S/C28H27BrN2O5/c1-15-16(2)21(11-10-20(15)29)30-23(32)14-36-28(35)22(12-17-6-4-3-5-7-17)31-26(33)24-18-8-9-19(13-18)25(24)27(31)34/h3-11,18-19,22,24-25H,12-14H2,1-2H3,(H,30,32)/t18-,19-,22-,24-,25-/m0/s1. The van der Waals surface area contributed by atoms with Gasteiger partial charge >= 0.3 is 5.97 Å². The number of amides is 3. The zero-order valence-electron chi connectivity index (χ0n) is 20.1. The van der Waals surface area contributed by atoms with E-state index in [0.717, 1.165) is 32.5 Å². The minimum absolute atomic E-state index is 0.0400. The van der Waals surface area contributed by atoms with E-state index in [4.69, 9.17) is 4.74 Å². The second-order valence-electron chi connectivity index (χ2n) is 9.75. The van der Waals surface area contributed by atoms with Crippen LogP contribution in [0.4, 0.5) is 5.69 Å². The van der Waals surface area contributed by atoms with Gasteiger partial charge in [-0.2, -0.15) is 0 Å². The van der Waals surface area contributed by atoms with E-state index >= 15 is 0 Å². The molecule has 3 amide bonds. The third-order valence-electron chi connectivity index (χ3n) is 7.70. The number of benzene rings is 2. The molecule has 2 aromatic rings. The molecule has 0 radical (unpaired) electrons. The summed E-state index contributed by atoms with van der Waals surface area (Å²) >= 11 is 3.46. The molecule has 5 atom stereocenters. The third kappa shape index (κ3) is 4.28. The van der Waals surface area contributed by atoms with Crippen LogP contribution in [0.25, 0.3) is 0 Å². The molecule has 8 heteroatoms. The van der Waals surface area contributed by atoms with Crippen LogP contribution in [0.3, 0.4) is 0 Å². The van der Waals surface area contributed by atoms with Crippen LogP contribution in [0.2, 0.25) is 0 Å². The van der Waals surface area contributed by atoms with Crippen molar-refractivity contribution < 1.29 is 23.9 Å². The highest BCUT2D eigenvalue weighted by Gasteiger charge is 2.61. The summed E-state index contributed by atoms with van der Waals surface area (Å²) in [7, 11) is 0. The van der Waals surface area contributed by atoms with Crippen LogP contribution in [0.1, 0.15) is 23.1 Å². The maximum Gasteiger partial charge on any atom is 0.330 e. The lowest BCUT2D eigenvalue weighted by Crippen LogP contribution is -2.48. The predicted molar refractivity (Wildman–Crippen MR) is 137 cm³/mol. The number of likely N-dealkylation sites (tertiary alicyclic amines) is 1. The Balaban J connectivity index is 1.32. The van der Waals surface area contributed by atoms with Crippen LogP contribution in [-0.4, -0.2) is 41.2 Å². The molecule has 1 saturated carbocycles. The van der Waals surface area contributed by atoms with Gasteiger partial charge in [-0.25, -0.2) is 4.79 Å². The van der Waals surface area contributed by atoms with Gasteiger partial charge in [0.15, 0.2) is 6.61 Å². The lowest BCUT2D eigenvalue weighted by atomic mass is 9.85. The summed E-state index contributed by atoms with van der Waals surface area (Å²) in [5.41, 5.74) is 3.31. The van der Waals surface area contributed by atoms with Gasteiger partial charge < -0.3 is 10.1 Å². The fourth-order valence-corrected chi connectivity index (χ4v) is 6.12. The second-order valence-corrected chi connectivity index (χ2v) is 10.6. The van der Waals surface area contributed by atoms with E-state index in [1.54, 1.807) is 6.07 Å². The summed E-state index contributed by atoms with van der Waals surface area (Å²) in [5, 5.41) is 2.77. The molecule has 1 aliphatic heterocycles. The molecule has 0 unspecified atom stereocenters. The fraction of sp³-hybridized carbons (Fsp3) is 0.357. The van der Waals surface area contributed by atoms with Gasteiger partial charge in [-0.15, -0.1) is 0 Å². The van der Waals surface area contributed by atoms with Crippen LogP contribution in [0, 0.1) is 37.5 Å². The van der Waals surface area contributed by atoms with Crippen molar-refractivity contribution in [2.75, 3.05) is 11.9 Å². The smallest absolute Gasteiger partial charge is 0.330 e. The normalized spacial score (nSPS) is 24.7. The number of ether oxygens (including phenoxy) is 1. The summed E-state index contributed by atoms with van der Waals surface area (Å²) in [6.07, 6.45) is 4.97. The number of nitrogens with zero attached hydrogens (tertiary/aromatic N) is 1. The first-order valence-electron chi connectivity index (χ1n) is 12.1. The minimum atomic E-state index is -1.12. The van der Waals surface area contributed by atoms with Crippen molar-refractivity contribution in [1.29, 1.82) is 0 Å². The van der Waals surface area contributed by atoms with Crippen LogP contribution in [0.5, 0.6) is 0 Å². The SMILES string of the molecule is Cc1c(Br)ccc(NC(=O)COC(=O)[C@H](Cc2ccccc2)N2C(=O)[C@@H]3[C@@H](C2=O)[C@H]2C=C[C@H]3C2)c1C. The number of allylic oxidation sites excluding steroid dienone is 2. The number of anilines is 1. The first-order valence-corrected chi connectivity index (χ1v) is 12.9. The summed E-state index contributed by atoms with van der Waals surface area (Å²) in [5.74, 6) is -2.63. The van der Waals surface area contributed by atoms with E-state index in [2.05, 4.69) is 21.2 Å². The van der Waals surface area contributed by atoms with Crippen molar-refractivity contribution in [2.24, 2.45) is 23.7 Å². The molecule has 2 aromatic carbocycles. The number of fused-ring (bicyclic) bond motifs is 5. The lowest BCUT2D eigenvalue weighted by Gasteiger charge is -2.26. The highest BCUT2D eigenvalue weighted by atomic mass is 79.9. The average molecular weight is 551 g/mol. The second kappa shape index (κ2) is 9.65. The lowest BCUT2D eigenvalue weighted by molar-refractivity contribution is -0.160. The number of hydrogen-bond acceptors (Lipinski definition) is 5. The summed E-state index contributed by atoms with van der Waals surface area (Å²) in [6.45, 7) is 3.31. The van der Waals surface area contributed by atoms with E-state index in [-0.39, 0.29) is 30.1 Å². The number of rotatable bonds is 7. The van der Waals surface area contributed by atoms with Crippen LogP contribution in [-0.2, 0) is 30.3 Å². The van der Waals surface area contributed by atoms with Crippen LogP contribution >= 0.6 is 15.9 Å². The molecule has 1 N–H and O–H groups in total. The van der Waals surface area contributed by atoms with Crippen molar-refractivity contribution in [3.63, 3.8) is 0 Å². The van der Waals surface area contributed by atoms with Crippen molar-refractivity contribution in [3.8, 4) is 0 Å². The zero-order valence-corrected chi connectivity index (χ0v) is 21.7. The molecule has 36 heavy (non-hydrogen) atoms. The van der Waals surface area contributed by atoms with Gasteiger partial charge in [-0.05, 0) is 60.9 Å². The molecule has 0 aromatic heterocycles. The van der Waals surface area contributed by atoms with Crippen molar-refractivity contribution in [2.45, 2.75) is 32.7 Å². The largest absolute Gasteiger partial charge is 0.454 e. The van der Waals surface area contributed by atoms with Gasteiger partial charge in [-0.3, -0.25) is 19.3 Å². The monoisotopic (exact) mass is 550 g/mol. The number of carbonyl (C=O) groups excluding carboxylic acids is 4. The maximum atomic E-state index is 13.4. The van der Waals surface area contributed by atoms with Gasteiger partial charge in [0.2, 0.25) is 11.8 Å². The molecule has 2 bridgehead atoms. The van der Waals surface area contributed by atoms with Crippen molar-refractivity contribution >= 4 is 45.3 Å². The Bertz CT molecular complexity index is 1240. The molecule has 2 aliphatic carbocycles. The molecule has 0 spiro atoms. The van der Waals surface area contributed by atoms with Gasteiger partial charge in [0.25, 0.3) is 5.91 Å². The van der Waals surface area contributed by atoms with E-state index < -0.39 is 36.4 Å². The Labute approximate surface area is 218 Å². The number of esters is 1. The van der Waals surface area contributed by atoms with Crippen LogP contribution < -0.4 is 5.32 Å². The molecule has 3 aliphatic rings. The van der Waals surface area contributed by atoms with Gasteiger partial charge in [0.1, 0.15) is 6.04 Å². The molecule has 7 nitrogen and oxygen atoms in total. The fourth-order valence-electron chi connectivity index (χ4n) is 5.69. The minimum Gasteiger partial charge on any atom is -0.454 e. The molecular formula is C28H27BrN2O5. The summed E-state index contributed by atoms with van der Waals surface area (Å²) in [6, 6.07) is 11.7. The number of imide groups is 1. The van der Waals surface area contributed by atoms with Gasteiger partial charge in [0, 0.05) is 16.6 Å². The maximum absolute atomic E-state index is 13.4. The van der Waals surface area contributed by atoms with Crippen molar-refractivity contribution in [1.82, 2.24) is 4.90 Å². The third-order valence-corrected chi connectivity index (χ3v) is 8.56. The Morgan fingerprint density at radius 2 is 1.64 bits per heavy atom. The number of hydrogen-bond donors (Lipinski definition) is 1. The van der Waals surface area contributed by atoms with Crippen LogP contribution in [0.15, 0.2) is 59.1 Å². The molecule has 1 saturated heterocycles. The highest BCUT2D eigenvalue weighted by molar-refractivity contribution is 9.10. The number of carbonyl (C=O) groups is 4. The average Bonchev–Trinajstić information content (AvgIpc) is 3.56. The summed E-state index contributed by atoms with van der Waals surface area (Å²) in [4.78, 5) is 53.7.